The van der Waals surface area contributed by atoms with Crippen molar-refractivity contribution in [2.24, 2.45) is 0 Å². The van der Waals surface area contributed by atoms with E-state index in [9.17, 15) is 18.5 Å². The van der Waals surface area contributed by atoms with E-state index in [-0.39, 0.29) is 30.3 Å². The van der Waals surface area contributed by atoms with Gasteiger partial charge >= 0.3 is 5.97 Å². The summed E-state index contributed by atoms with van der Waals surface area (Å²) in [6.45, 7) is 9.15. The summed E-state index contributed by atoms with van der Waals surface area (Å²) >= 11 is 6.35. The number of aryl methyl sites for hydroxylation is 1. The van der Waals surface area contributed by atoms with E-state index in [1.54, 1.807) is 58.3 Å². The Hall–Kier alpha value is -3.25. The first-order chi connectivity index (χ1) is 19.3. The second kappa shape index (κ2) is 14.1. The number of carbonyl (C=O) groups is 1. The van der Waals surface area contributed by atoms with Crippen LogP contribution in [0.4, 0.5) is 0 Å². The molecule has 0 aliphatic rings. The van der Waals surface area contributed by atoms with Crippen molar-refractivity contribution in [2.45, 2.75) is 83.3 Å². The molecule has 0 aliphatic carbocycles. The summed E-state index contributed by atoms with van der Waals surface area (Å²) in [7, 11) is -4.05. The molecule has 41 heavy (non-hydrogen) atoms. The summed E-state index contributed by atoms with van der Waals surface area (Å²) < 4.78 is 35.6. The van der Waals surface area contributed by atoms with Gasteiger partial charge in [-0.1, -0.05) is 35.9 Å². The van der Waals surface area contributed by atoms with Crippen molar-refractivity contribution >= 4 is 27.6 Å². The SMILES string of the molecule is Cc1cnccc1-c1cccc([C@H](CCCC#N)N(CCCC(=O)OC(C)(C)C)S(=O)(=O)c2cccc(Cl)c2C)c1. The topological polar surface area (TPSA) is 100 Å². The number of pyridine rings is 1. The van der Waals surface area contributed by atoms with Crippen molar-refractivity contribution in [3.05, 3.63) is 82.6 Å². The minimum Gasteiger partial charge on any atom is -0.460 e. The Kier molecular flexibility index (Phi) is 11.1. The number of rotatable bonds is 12. The standard InChI is InChI=1S/C32H38ClN3O4S/c1-23-22-35-19-17-27(23)25-11-8-12-26(21-25)29(14-6-7-18-34)36(20-10-16-31(37)40-32(3,4)5)41(38,39)30-15-9-13-28(33)24(30)2/h8-9,11-13,15,17,19,21-22,29H,6-7,10,14,16,20H2,1-5H3/t29-/m0/s1. The first kappa shape index (κ1) is 32.3. The number of esters is 1. The molecular formula is C32H38ClN3O4S. The van der Waals surface area contributed by atoms with Crippen LogP contribution in [0.25, 0.3) is 11.1 Å². The molecule has 0 saturated heterocycles. The number of sulfonamides is 1. The van der Waals surface area contributed by atoms with Crippen LogP contribution in [0.1, 0.15) is 75.6 Å². The zero-order valence-corrected chi connectivity index (χ0v) is 25.9. The number of nitriles is 1. The highest BCUT2D eigenvalue weighted by Gasteiger charge is 2.34. The zero-order chi connectivity index (χ0) is 30.2. The average Bonchev–Trinajstić information content (AvgIpc) is 2.90. The Morgan fingerprint density at radius 2 is 1.85 bits per heavy atom. The first-order valence-corrected chi connectivity index (χ1v) is 15.5. The molecule has 1 heterocycles. The van der Waals surface area contributed by atoms with Crippen molar-refractivity contribution in [1.29, 1.82) is 5.26 Å². The highest BCUT2D eigenvalue weighted by molar-refractivity contribution is 7.89. The summed E-state index contributed by atoms with van der Waals surface area (Å²) in [5.74, 6) is -0.384. The molecule has 0 N–H and O–H groups in total. The van der Waals surface area contributed by atoms with Crippen LogP contribution in [0.2, 0.25) is 5.02 Å². The van der Waals surface area contributed by atoms with E-state index < -0.39 is 21.7 Å². The van der Waals surface area contributed by atoms with Crippen LogP contribution in [-0.2, 0) is 19.6 Å². The number of carbonyl (C=O) groups excluding carboxylic acids is 1. The lowest BCUT2D eigenvalue weighted by atomic mass is 9.95. The quantitative estimate of drug-likeness (QED) is 0.158. The Balaban J connectivity index is 2.09. The van der Waals surface area contributed by atoms with Crippen molar-refractivity contribution in [2.75, 3.05) is 6.54 Å². The van der Waals surface area contributed by atoms with Gasteiger partial charge in [0.15, 0.2) is 0 Å². The number of halogens is 1. The van der Waals surface area contributed by atoms with Gasteiger partial charge < -0.3 is 4.74 Å². The Morgan fingerprint density at radius 3 is 2.54 bits per heavy atom. The molecule has 0 fully saturated rings. The lowest BCUT2D eigenvalue weighted by molar-refractivity contribution is -0.154. The fourth-order valence-corrected chi connectivity index (χ4v) is 6.93. The Bertz CT molecular complexity index is 1510. The van der Waals surface area contributed by atoms with Crippen LogP contribution >= 0.6 is 11.6 Å². The minimum absolute atomic E-state index is 0.0684. The molecule has 0 unspecified atom stereocenters. The average molecular weight is 596 g/mol. The van der Waals surface area contributed by atoms with Crippen LogP contribution in [0.3, 0.4) is 0 Å². The highest BCUT2D eigenvalue weighted by atomic mass is 35.5. The molecule has 0 amide bonds. The Morgan fingerprint density at radius 1 is 1.12 bits per heavy atom. The van der Waals surface area contributed by atoms with Crippen LogP contribution < -0.4 is 0 Å². The first-order valence-electron chi connectivity index (χ1n) is 13.7. The molecule has 0 saturated carbocycles. The second-order valence-electron chi connectivity index (χ2n) is 11.1. The lowest BCUT2D eigenvalue weighted by Gasteiger charge is -2.32. The predicted molar refractivity (Wildman–Crippen MR) is 162 cm³/mol. The summed E-state index contributed by atoms with van der Waals surface area (Å²) in [5.41, 5.74) is 3.58. The molecule has 1 atom stereocenters. The molecule has 1 aromatic heterocycles. The van der Waals surface area contributed by atoms with E-state index >= 15 is 0 Å². The van der Waals surface area contributed by atoms with Gasteiger partial charge in [0.25, 0.3) is 0 Å². The number of unbranched alkanes of at least 4 members (excludes halogenated alkanes) is 1. The van der Waals surface area contributed by atoms with Crippen molar-refractivity contribution < 1.29 is 17.9 Å². The molecular weight excluding hydrogens is 558 g/mol. The zero-order valence-electron chi connectivity index (χ0n) is 24.4. The lowest BCUT2D eigenvalue weighted by Crippen LogP contribution is -2.37. The predicted octanol–water partition coefficient (Wildman–Crippen LogP) is 7.57. The van der Waals surface area contributed by atoms with E-state index in [1.807, 2.05) is 37.3 Å². The fourth-order valence-electron chi connectivity index (χ4n) is 4.77. The van der Waals surface area contributed by atoms with E-state index in [1.165, 1.54) is 4.31 Å². The number of benzene rings is 2. The maximum absolute atomic E-state index is 14.3. The molecule has 0 aliphatic heterocycles. The summed E-state index contributed by atoms with van der Waals surface area (Å²) in [5, 5.41) is 9.62. The largest absolute Gasteiger partial charge is 0.460 e. The molecule has 9 heteroatoms. The van der Waals surface area contributed by atoms with Crippen LogP contribution in [0.5, 0.6) is 0 Å². The summed E-state index contributed by atoms with van der Waals surface area (Å²) in [6.07, 6.45) is 5.09. The fraction of sp³-hybridized carbons (Fsp3) is 0.406. The number of hydrogen-bond donors (Lipinski definition) is 0. The molecule has 2 aromatic carbocycles. The molecule has 3 aromatic rings. The van der Waals surface area contributed by atoms with Crippen molar-refractivity contribution in [1.82, 2.24) is 9.29 Å². The molecule has 0 bridgehead atoms. The minimum atomic E-state index is -4.05. The smallest absolute Gasteiger partial charge is 0.306 e. The molecule has 0 radical (unpaired) electrons. The summed E-state index contributed by atoms with van der Waals surface area (Å²) in [6, 6.07) is 16.2. The number of aromatic nitrogens is 1. The molecule has 7 nitrogen and oxygen atoms in total. The van der Waals surface area contributed by atoms with Gasteiger partial charge in [-0.25, -0.2) is 8.42 Å². The highest BCUT2D eigenvalue weighted by Crippen LogP contribution is 2.36. The normalized spacial score (nSPS) is 12.6. The van der Waals surface area contributed by atoms with Crippen molar-refractivity contribution in [3.63, 3.8) is 0 Å². The number of nitrogens with zero attached hydrogens (tertiary/aromatic N) is 3. The van der Waals surface area contributed by atoms with Gasteiger partial charge in [-0.15, -0.1) is 0 Å². The van der Waals surface area contributed by atoms with Gasteiger partial charge in [-0.05, 0) is 106 Å². The maximum atomic E-state index is 14.3. The molecule has 3 rings (SSSR count). The van der Waals surface area contributed by atoms with Crippen LogP contribution in [0, 0.1) is 25.2 Å². The third-order valence-electron chi connectivity index (χ3n) is 6.70. The number of hydrogen-bond acceptors (Lipinski definition) is 6. The van der Waals surface area contributed by atoms with Gasteiger partial charge in [-0.3, -0.25) is 9.78 Å². The third kappa shape index (κ3) is 8.62. The van der Waals surface area contributed by atoms with E-state index in [2.05, 4.69) is 11.1 Å². The van der Waals surface area contributed by atoms with Gasteiger partial charge in [0.1, 0.15) is 5.60 Å². The van der Waals surface area contributed by atoms with Crippen LogP contribution in [0.15, 0.2) is 65.8 Å². The third-order valence-corrected chi connectivity index (χ3v) is 9.16. The Labute approximate surface area is 249 Å². The van der Waals surface area contributed by atoms with E-state index in [4.69, 9.17) is 16.3 Å². The van der Waals surface area contributed by atoms with E-state index in [0.717, 1.165) is 22.3 Å². The number of ether oxygens (including phenoxy) is 1. The monoisotopic (exact) mass is 595 g/mol. The van der Waals surface area contributed by atoms with Crippen molar-refractivity contribution in [3.8, 4) is 17.2 Å². The van der Waals surface area contributed by atoms with Gasteiger partial charge in [0.05, 0.1) is 17.0 Å². The van der Waals surface area contributed by atoms with E-state index in [0.29, 0.717) is 29.8 Å². The maximum Gasteiger partial charge on any atom is 0.306 e. The second-order valence-corrected chi connectivity index (χ2v) is 13.3. The molecule has 218 valence electrons. The van der Waals surface area contributed by atoms with Gasteiger partial charge in [0.2, 0.25) is 10.0 Å². The molecule has 0 spiro atoms. The summed E-state index contributed by atoms with van der Waals surface area (Å²) in [4.78, 5) is 16.8. The van der Waals surface area contributed by atoms with Crippen LogP contribution in [-0.4, -0.2) is 35.8 Å². The van der Waals surface area contributed by atoms with Gasteiger partial charge in [-0.2, -0.15) is 9.57 Å². The van der Waals surface area contributed by atoms with Gasteiger partial charge in [0, 0.05) is 36.8 Å².